The van der Waals surface area contributed by atoms with Crippen molar-refractivity contribution in [1.29, 1.82) is 0 Å². The molecule has 1 amide bonds. The second-order valence-corrected chi connectivity index (χ2v) is 4.60. The van der Waals surface area contributed by atoms with Gasteiger partial charge in [-0.1, -0.05) is 30.3 Å². The first-order valence-electron chi connectivity index (χ1n) is 6.81. The number of anilines is 1. The average molecular weight is 299 g/mol. The maximum atomic E-state index is 12.2. The number of methoxy groups -OCH3 is 1. The van der Waals surface area contributed by atoms with Crippen molar-refractivity contribution >= 4 is 17.6 Å². The minimum atomic E-state index is -0.701. The largest absolute Gasteiger partial charge is 0.481 e. The fourth-order valence-electron chi connectivity index (χ4n) is 1.87. The van der Waals surface area contributed by atoms with Crippen LogP contribution in [0.1, 0.15) is 17.3 Å². The zero-order valence-electron chi connectivity index (χ0n) is 12.4. The Kier molecular flexibility index (Phi) is 5.14. The van der Waals surface area contributed by atoms with Gasteiger partial charge in [-0.05, 0) is 31.2 Å². The van der Waals surface area contributed by atoms with E-state index in [9.17, 15) is 9.59 Å². The summed E-state index contributed by atoms with van der Waals surface area (Å²) in [5.41, 5.74) is 0.688. The molecule has 0 aliphatic carbocycles. The molecule has 0 unspecified atom stereocenters. The van der Waals surface area contributed by atoms with E-state index in [0.29, 0.717) is 17.0 Å². The maximum Gasteiger partial charge on any atom is 0.339 e. The van der Waals surface area contributed by atoms with Gasteiger partial charge in [-0.2, -0.15) is 0 Å². The smallest absolute Gasteiger partial charge is 0.339 e. The van der Waals surface area contributed by atoms with Crippen LogP contribution in [0.5, 0.6) is 5.75 Å². The van der Waals surface area contributed by atoms with Gasteiger partial charge in [0.1, 0.15) is 5.75 Å². The molecule has 2 aromatic rings. The van der Waals surface area contributed by atoms with Gasteiger partial charge >= 0.3 is 5.97 Å². The molecule has 0 heterocycles. The second kappa shape index (κ2) is 7.26. The normalized spacial score (nSPS) is 11.4. The summed E-state index contributed by atoms with van der Waals surface area (Å²) in [6.45, 7) is 1.64. The molecule has 22 heavy (non-hydrogen) atoms. The Morgan fingerprint density at radius 1 is 1.00 bits per heavy atom. The number of carbonyl (C=O) groups is 2. The summed E-state index contributed by atoms with van der Waals surface area (Å²) in [7, 11) is 1.29. The lowest BCUT2D eigenvalue weighted by Crippen LogP contribution is -2.30. The average Bonchev–Trinajstić information content (AvgIpc) is 2.55. The van der Waals surface area contributed by atoms with Crippen LogP contribution in [-0.2, 0) is 9.53 Å². The zero-order chi connectivity index (χ0) is 15.9. The van der Waals surface area contributed by atoms with E-state index in [1.807, 2.05) is 18.2 Å². The molecule has 1 N–H and O–H groups in total. The van der Waals surface area contributed by atoms with Gasteiger partial charge in [-0.25, -0.2) is 4.79 Å². The molecule has 0 saturated heterocycles. The lowest BCUT2D eigenvalue weighted by Gasteiger charge is -2.16. The molecule has 0 radical (unpaired) electrons. The highest BCUT2D eigenvalue weighted by Crippen LogP contribution is 2.17. The summed E-state index contributed by atoms with van der Waals surface area (Å²) in [4.78, 5) is 23.9. The van der Waals surface area contributed by atoms with Crippen LogP contribution in [0.2, 0.25) is 0 Å². The first-order valence-corrected chi connectivity index (χ1v) is 6.81. The Balaban J connectivity index is 2.07. The third-order valence-corrected chi connectivity index (χ3v) is 3.02. The van der Waals surface area contributed by atoms with Crippen LogP contribution in [0.3, 0.4) is 0 Å². The van der Waals surface area contributed by atoms with Gasteiger partial charge in [-0.3, -0.25) is 4.79 Å². The number of nitrogens with one attached hydrogen (secondary N) is 1. The molecule has 5 nitrogen and oxygen atoms in total. The van der Waals surface area contributed by atoms with Crippen molar-refractivity contribution in [3.63, 3.8) is 0 Å². The molecule has 2 aromatic carbocycles. The van der Waals surface area contributed by atoms with E-state index in [0.717, 1.165) is 0 Å². The van der Waals surface area contributed by atoms with Crippen molar-refractivity contribution in [3.8, 4) is 5.75 Å². The van der Waals surface area contributed by atoms with Crippen molar-refractivity contribution in [1.82, 2.24) is 0 Å². The summed E-state index contributed by atoms with van der Waals surface area (Å²) in [6, 6.07) is 15.7. The highest BCUT2D eigenvalue weighted by Gasteiger charge is 2.18. The molecular formula is C17H17NO4. The summed E-state index contributed by atoms with van der Waals surface area (Å²) in [5, 5.41) is 2.68. The van der Waals surface area contributed by atoms with Crippen LogP contribution in [0.4, 0.5) is 5.69 Å². The van der Waals surface area contributed by atoms with Crippen molar-refractivity contribution in [2.24, 2.45) is 0 Å². The molecule has 114 valence electrons. The number of rotatable bonds is 5. The molecule has 0 bridgehead atoms. The Hall–Kier alpha value is -2.82. The van der Waals surface area contributed by atoms with Gasteiger partial charge in [0.25, 0.3) is 5.91 Å². The Morgan fingerprint density at radius 2 is 1.64 bits per heavy atom. The quantitative estimate of drug-likeness (QED) is 0.862. The summed E-state index contributed by atoms with van der Waals surface area (Å²) in [5.74, 6) is -0.251. The van der Waals surface area contributed by atoms with Gasteiger partial charge in [0.05, 0.1) is 18.4 Å². The number of benzene rings is 2. The number of esters is 1. The van der Waals surface area contributed by atoms with E-state index in [2.05, 4.69) is 5.32 Å². The number of ether oxygens (including phenoxy) is 2. The van der Waals surface area contributed by atoms with Crippen molar-refractivity contribution in [2.45, 2.75) is 13.0 Å². The fraction of sp³-hybridized carbons (Fsp3) is 0.176. The van der Waals surface area contributed by atoms with Crippen LogP contribution in [0, 0.1) is 0 Å². The summed E-state index contributed by atoms with van der Waals surface area (Å²) >= 11 is 0. The van der Waals surface area contributed by atoms with Crippen molar-refractivity contribution in [3.05, 3.63) is 60.2 Å². The van der Waals surface area contributed by atoms with E-state index in [1.165, 1.54) is 7.11 Å². The monoisotopic (exact) mass is 299 g/mol. The number of amides is 1. The minimum Gasteiger partial charge on any atom is -0.481 e. The van der Waals surface area contributed by atoms with Crippen LogP contribution >= 0.6 is 0 Å². The standard InChI is InChI=1S/C17H17NO4/c1-12(22-13-8-4-3-5-9-13)16(19)18-15-11-7-6-10-14(15)17(20)21-2/h3-12H,1-2H3,(H,18,19)/t12-/m0/s1. The van der Waals surface area contributed by atoms with Gasteiger partial charge in [-0.15, -0.1) is 0 Å². The van der Waals surface area contributed by atoms with Gasteiger partial charge in [0, 0.05) is 0 Å². The zero-order valence-corrected chi connectivity index (χ0v) is 12.4. The summed E-state index contributed by atoms with van der Waals surface area (Å²) < 4.78 is 10.2. The van der Waals surface area contributed by atoms with Crippen LogP contribution in [0.15, 0.2) is 54.6 Å². The van der Waals surface area contributed by atoms with Crippen LogP contribution in [-0.4, -0.2) is 25.1 Å². The summed E-state index contributed by atoms with van der Waals surface area (Å²) in [6.07, 6.45) is -0.701. The second-order valence-electron chi connectivity index (χ2n) is 4.60. The van der Waals surface area contributed by atoms with E-state index in [-0.39, 0.29) is 5.91 Å². The molecule has 0 spiro atoms. The lowest BCUT2D eigenvalue weighted by molar-refractivity contribution is -0.122. The van der Waals surface area contributed by atoms with Crippen molar-refractivity contribution < 1.29 is 19.1 Å². The fourth-order valence-corrected chi connectivity index (χ4v) is 1.87. The molecule has 0 aromatic heterocycles. The molecule has 0 aliphatic heterocycles. The maximum absolute atomic E-state index is 12.2. The molecule has 1 atom stereocenters. The Morgan fingerprint density at radius 3 is 2.32 bits per heavy atom. The topological polar surface area (TPSA) is 64.6 Å². The molecule has 5 heteroatoms. The lowest BCUT2D eigenvalue weighted by atomic mass is 10.1. The van der Waals surface area contributed by atoms with Gasteiger partial charge < -0.3 is 14.8 Å². The van der Waals surface area contributed by atoms with E-state index in [4.69, 9.17) is 9.47 Å². The highest BCUT2D eigenvalue weighted by molar-refractivity contribution is 6.02. The number of para-hydroxylation sites is 2. The predicted molar refractivity (Wildman–Crippen MR) is 82.9 cm³/mol. The third-order valence-electron chi connectivity index (χ3n) is 3.02. The molecule has 0 fully saturated rings. The number of hydrogen-bond donors (Lipinski definition) is 1. The minimum absolute atomic E-state index is 0.297. The third kappa shape index (κ3) is 3.85. The van der Waals surface area contributed by atoms with E-state index in [1.54, 1.807) is 43.3 Å². The van der Waals surface area contributed by atoms with Crippen LogP contribution in [0.25, 0.3) is 0 Å². The van der Waals surface area contributed by atoms with Crippen LogP contribution < -0.4 is 10.1 Å². The van der Waals surface area contributed by atoms with Gasteiger partial charge in [0.2, 0.25) is 0 Å². The molecule has 2 rings (SSSR count). The van der Waals surface area contributed by atoms with E-state index >= 15 is 0 Å². The SMILES string of the molecule is COC(=O)c1ccccc1NC(=O)[C@H](C)Oc1ccccc1. The Labute approximate surface area is 128 Å². The number of carbonyl (C=O) groups excluding carboxylic acids is 2. The number of hydrogen-bond acceptors (Lipinski definition) is 4. The van der Waals surface area contributed by atoms with Gasteiger partial charge in [0.15, 0.2) is 6.10 Å². The molecule has 0 saturated carbocycles. The first-order chi connectivity index (χ1) is 10.6. The Bertz CT molecular complexity index is 655. The highest BCUT2D eigenvalue weighted by atomic mass is 16.5. The van der Waals surface area contributed by atoms with Crippen molar-refractivity contribution in [2.75, 3.05) is 12.4 Å². The molecular weight excluding hydrogens is 282 g/mol. The predicted octanol–water partition coefficient (Wildman–Crippen LogP) is 2.88. The van der Waals surface area contributed by atoms with E-state index < -0.39 is 12.1 Å². The first kappa shape index (κ1) is 15.6. The molecule has 0 aliphatic rings.